The van der Waals surface area contributed by atoms with E-state index in [2.05, 4.69) is 0 Å². The molecule has 0 unspecified atom stereocenters. The first-order valence-electron chi connectivity index (χ1n) is 9.67. The monoisotopic (exact) mass is 400 g/mol. The second kappa shape index (κ2) is 9.58. The summed E-state index contributed by atoms with van der Waals surface area (Å²) in [5.74, 6) is -0.646. The van der Waals surface area contributed by atoms with E-state index in [1.165, 1.54) is 4.90 Å². The number of esters is 2. The lowest BCUT2D eigenvalue weighted by Crippen LogP contribution is -2.62. The molecule has 0 bridgehead atoms. The molecule has 1 fully saturated rings. The number of nitrogens with zero attached hydrogens (tertiary/aromatic N) is 2. The Labute approximate surface area is 168 Å². The molecule has 28 heavy (non-hydrogen) atoms. The van der Waals surface area contributed by atoms with Gasteiger partial charge in [0, 0.05) is 6.54 Å². The van der Waals surface area contributed by atoms with E-state index in [4.69, 9.17) is 14.2 Å². The number of ether oxygens (including phenoxy) is 3. The van der Waals surface area contributed by atoms with Crippen LogP contribution in [0.1, 0.15) is 48.0 Å². The maximum Gasteiger partial charge on any atom is 0.410 e. The molecule has 8 nitrogen and oxygen atoms in total. The van der Waals surface area contributed by atoms with Crippen molar-refractivity contribution in [1.82, 2.24) is 9.80 Å². The minimum Gasteiger partial charge on any atom is -0.463 e. The summed E-state index contributed by atoms with van der Waals surface area (Å²) in [6, 6.07) is -0.562. The largest absolute Gasteiger partial charge is 0.463 e. The molecular weight excluding hydrogens is 364 g/mol. The van der Waals surface area contributed by atoms with Crippen LogP contribution in [0.15, 0.2) is 0 Å². The zero-order valence-electron chi connectivity index (χ0n) is 18.5. The molecule has 0 radical (unpaired) electrons. The second-order valence-corrected chi connectivity index (χ2v) is 9.57. The van der Waals surface area contributed by atoms with Crippen LogP contribution in [0.2, 0.25) is 0 Å². The van der Waals surface area contributed by atoms with Crippen LogP contribution in [0.5, 0.6) is 0 Å². The highest BCUT2D eigenvalue weighted by molar-refractivity contribution is 5.76. The van der Waals surface area contributed by atoms with Crippen LogP contribution in [-0.2, 0) is 23.8 Å². The Kier molecular flexibility index (Phi) is 8.29. The number of likely N-dealkylation sites (tertiary alicyclic amines) is 1. The molecule has 1 aliphatic heterocycles. The molecule has 2 atom stereocenters. The van der Waals surface area contributed by atoms with Crippen LogP contribution in [-0.4, -0.2) is 80.4 Å². The molecular formula is C20H36N2O6. The van der Waals surface area contributed by atoms with Gasteiger partial charge >= 0.3 is 18.0 Å². The van der Waals surface area contributed by atoms with Crippen LogP contribution in [0.4, 0.5) is 4.79 Å². The third kappa shape index (κ3) is 7.30. The summed E-state index contributed by atoms with van der Waals surface area (Å²) >= 11 is 0. The van der Waals surface area contributed by atoms with E-state index >= 15 is 0 Å². The van der Waals surface area contributed by atoms with Crippen molar-refractivity contribution in [1.29, 1.82) is 0 Å². The van der Waals surface area contributed by atoms with Crippen molar-refractivity contribution in [3.05, 3.63) is 0 Å². The van der Waals surface area contributed by atoms with Crippen LogP contribution in [0.3, 0.4) is 0 Å². The van der Waals surface area contributed by atoms with E-state index in [0.29, 0.717) is 13.0 Å². The van der Waals surface area contributed by atoms with E-state index in [9.17, 15) is 14.4 Å². The Morgan fingerprint density at radius 1 is 0.857 bits per heavy atom. The van der Waals surface area contributed by atoms with Gasteiger partial charge in [0.15, 0.2) is 0 Å². The Morgan fingerprint density at radius 3 is 1.64 bits per heavy atom. The fraction of sp³-hybridized carbons (Fsp3) is 0.850. The number of hydrogen-bond acceptors (Lipinski definition) is 7. The Morgan fingerprint density at radius 2 is 1.29 bits per heavy atom. The molecule has 0 aromatic heterocycles. The standard InChI is InChI=1S/C20H36N2O6/c1-19(2,3)16(23)27-12-14-11-15(13-28-17(24)20(4,5)6)22(14)18(25)26-10-9-21(7)8/h14-15H,9-13H2,1-8H3/t14-,15+. The lowest BCUT2D eigenvalue weighted by molar-refractivity contribution is -0.161. The number of likely N-dealkylation sites (N-methyl/N-ethyl adjacent to an activating group) is 1. The lowest BCUT2D eigenvalue weighted by atomic mass is 9.93. The van der Waals surface area contributed by atoms with E-state index in [1.807, 2.05) is 19.0 Å². The van der Waals surface area contributed by atoms with Gasteiger partial charge in [-0.15, -0.1) is 0 Å². The van der Waals surface area contributed by atoms with Gasteiger partial charge in [-0.2, -0.15) is 0 Å². The maximum absolute atomic E-state index is 12.5. The molecule has 0 saturated carbocycles. The van der Waals surface area contributed by atoms with E-state index in [0.717, 1.165) is 0 Å². The third-order valence-electron chi connectivity index (χ3n) is 4.34. The van der Waals surface area contributed by atoms with Crippen molar-refractivity contribution in [3.63, 3.8) is 0 Å². The molecule has 162 valence electrons. The molecule has 0 N–H and O–H groups in total. The summed E-state index contributed by atoms with van der Waals surface area (Å²) in [5, 5.41) is 0. The molecule has 8 heteroatoms. The number of carbonyl (C=O) groups excluding carboxylic acids is 3. The van der Waals surface area contributed by atoms with Gasteiger partial charge in [-0.1, -0.05) is 0 Å². The van der Waals surface area contributed by atoms with Crippen molar-refractivity contribution < 1.29 is 28.6 Å². The van der Waals surface area contributed by atoms with Crippen molar-refractivity contribution >= 4 is 18.0 Å². The first kappa shape index (κ1) is 24.2. The minimum absolute atomic E-state index is 0.0998. The molecule has 1 amide bonds. The molecule has 1 aliphatic rings. The summed E-state index contributed by atoms with van der Waals surface area (Å²) in [6.45, 7) is 11.7. The summed E-state index contributed by atoms with van der Waals surface area (Å²) < 4.78 is 16.0. The van der Waals surface area contributed by atoms with Crippen LogP contribution in [0.25, 0.3) is 0 Å². The first-order chi connectivity index (χ1) is 12.7. The number of carbonyl (C=O) groups is 3. The smallest absolute Gasteiger partial charge is 0.410 e. The van der Waals surface area contributed by atoms with Crippen molar-refractivity contribution in [2.75, 3.05) is 40.5 Å². The van der Waals surface area contributed by atoms with Crippen molar-refractivity contribution in [2.45, 2.75) is 60.0 Å². The van der Waals surface area contributed by atoms with Gasteiger partial charge in [-0.25, -0.2) is 4.79 Å². The van der Waals surface area contributed by atoms with Gasteiger partial charge in [0.05, 0.1) is 22.9 Å². The highest BCUT2D eigenvalue weighted by atomic mass is 16.6. The molecule has 0 aromatic rings. The summed E-state index contributed by atoms with van der Waals surface area (Å²) in [7, 11) is 3.78. The zero-order chi connectivity index (χ0) is 21.7. The number of amides is 1. The lowest BCUT2D eigenvalue weighted by Gasteiger charge is -2.47. The van der Waals surface area contributed by atoms with Gasteiger partial charge < -0.3 is 19.1 Å². The van der Waals surface area contributed by atoms with Gasteiger partial charge in [-0.3, -0.25) is 14.5 Å². The topological polar surface area (TPSA) is 85.4 Å². The highest BCUT2D eigenvalue weighted by Gasteiger charge is 2.44. The average Bonchev–Trinajstić information content (AvgIpc) is 2.50. The Balaban J connectivity index is 2.67. The number of rotatable bonds is 7. The van der Waals surface area contributed by atoms with Gasteiger partial charge in [0.25, 0.3) is 0 Å². The maximum atomic E-state index is 12.5. The molecule has 0 aliphatic carbocycles. The summed E-state index contributed by atoms with van der Waals surface area (Å²) in [6.07, 6.45) is 0.0965. The molecule has 1 rings (SSSR count). The highest BCUT2D eigenvalue weighted by Crippen LogP contribution is 2.29. The fourth-order valence-corrected chi connectivity index (χ4v) is 2.46. The van der Waals surface area contributed by atoms with Crippen molar-refractivity contribution in [2.24, 2.45) is 10.8 Å². The quantitative estimate of drug-likeness (QED) is 0.479. The predicted molar refractivity (Wildman–Crippen MR) is 105 cm³/mol. The molecule has 1 saturated heterocycles. The summed E-state index contributed by atoms with van der Waals surface area (Å²) in [4.78, 5) is 40.0. The third-order valence-corrected chi connectivity index (χ3v) is 4.34. The normalized spacial score (nSPS) is 19.8. The predicted octanol–water partition coefficient (Wildman–Crippen LogP) is 2.31. The Hall–Kier alpha value is -1.83. The summed E-state index contributed by atoms with van der Waals surface area (Å²) in [5.41, 5.74) is -1.22. The fourth-order valence-electron chi connectivity index (χ4n) is 2.46. The van der Waals surface area contributed by atoms with Crippen LogP contribution in [0, 0.1) is 10.8 Å². The van der Waals surface area contributed by atoms with Crippen molar-refractivity contribution in [3.8, 4) is 0 Å². The Bertz CT molecular complexity index is 526. The van der Waals surface area contributed by atoms with E-state index in [1.54, 1.807) is 41.5 Å². The van der Waals surface area contributed by atoms with Gasteiger partial charge in [-0.05, 0) is 62.1 Å². The van der Waals surface area contributed by atoms with Gasteiger partial charge in [0.2, 0.25) is 0 Å². The second-order valence-electron chi connectivity index (χ2n) is 9.57. The molecule has 1 heterocycles. The van der Waals surface area contributed by atoms with Crippen LogP contribution >= 0.6 is 0 Å². The van der Waals surface area contributed by atoms with Gasteiger partial charge in [0.1, 0.15) is 19.8 Å². The molecule has 0 aromatic carbocycles. The minimum atomic E-state index is -0.609. The SMILES string of the molecule is CN(C)CCOC(=O)N1[C@H](COC(=O)C(C)(C)C)C[C@@H]1COC(=O)C(C)(C)C. The van der Waals surface area contributed by atoms with E-state index < -0.39 is 16.9 Å². The molecule has 0 spiro atoms. The first-order valence-corrected chi connectivity index (χ1v) is 9.67. The van der Waals surface area contributed by atoms with Crippen LogP contribution < -0.4 is 0 Å². The number of hydrogen-bond donors (Lipinski definition) is 0. The zero-order valence-corrected chi connectivity index (χ0v) is 18.5. The average molecular weight is 401 g/mol. The van der Waals surface area contributed by atoms with E-state index in [-0.39, 0.29) is 43.8 Å².